The quantitative estimate of drug-likeness (QED) is 0.0481. The van der Waals surface area contributed by atoms with Gasteiger partial charge in [0.25, 0.3) is 0 Å². The Hall–Kier alpha value is -2.60. The van der Waals surface area contributed by atoms with Crippen LogP contribution in [0.1, 0.15) is 126 Å². The van der Waals surface area contributed by atoms with Crippen LogP contribution in [0.15, 0.2) is 41.3 Å². The molecule has 43 heavy (non-hydrogen) atoms. The van der Waals surface area contributed by atoms with Crippen LogP contribution < -0.4 is 18.9 Å². The van der Waals surface area contributed by atoms with Gasteiger partial charge in [0.15, 0.2) is 17.3 Å². The topological polar surface area (TPSA) is 54.0 Å². The molecule has 0 heterocycles. The van der Waals surface area contributed by atoms with Gasteiger partial charge in [0.05, 0.1) is 34.0 Å². The molecule has 0 aromatic heterocycles. The number of methoxy groups -OCH3 is 4. The summed E-state index contributed by atoms with van der Waals surface area (Å²) in [4.78, 5) is 14.3. The average Bonchev–Trinajstić information content (AvgIpc) is 3.04. The number of ketones is 1. The summed E-state index contributed by atoms with van der Waals surface area (Å²) in [7, 11) is 6.04. The maximum Gasteiger partial charge on any atom is 0.208 e. The van der Waals surface area contributed by atoms with Crippen molar-refractivity contribution in [2.75, 3.05) is 34.2 Å². The molecule has 0 aliphatic carbocycles. The third kappa shape index (κ3) is 13.7. The van der Waals surface area contributed by atoms with Crippen LogP contribution in [0.5, 0.6) is 23.0 Å². The highest BCUT2D eigenvalue weighted by Gasteiger charge is 2.24. The highest BCUT2D eigenvalue weighted by atomic mass is 32.2. The van der Waals surface area contributed by atoms with Gasteiger partial charge in [-0.05, 0) is 42.0 Å². The molecule has 0 N–H and O–H groups in total. The molecule has 0 saturated heterocycles. The van der Waals surface area contributed by atoms with Gasteiger partial charge in [0.2, 0.25) is 11.5 Å². The summed E-state index contributed by atoms with van der Waals surface area (Å²) in [6.45, 7) is 2.29. The Labute approximate surface area is 266 Å². The fourth-order valence-electron chi connectivity index (χ4n) is 5.29. The summed E-state index contributed by atoms with van der Waals surface area (Å²) in [5.74, 6) is 2.37. The fourth-order valence-corrected chi connectivity index (χ4v) is 6.21. The average molecular weight is 613 g/mol. The van der Waals surface area contributed by atoms with Crippen LogP contribution >= 0.6 is 11.8 Å². The molecule has 2 rings (SSSR count). The van der Waals surface area contributed by atoms with Gasteiger partial charge in [-0.2, -0.15) is 0 Å². The zero-order chi connectivity index (χ0) is 31.1. The lowest BCUT2D eigenvalue weighted by molar-refractivity contribution is 0.104. The molecule has 2 aromatic carbocycles. The Morgan fingerprint density at radius 3 is 1.58 bits per heavy atom. The van der Waals surface area contributed by atoms with E-state index < -0.39 is 0 Å². The molecule has 0 aliphatic rings. The fraction of sp³-hybridized carbons (Fsp3) is 0.595. The third-order valence-electron chi connectivity index (χ3n) is 7.83. The van der Waals surface area contributed by atoms with Gasteiger partial charge in [-0.1, -0.05) is 121 Å². The Morgan fingerprint density at radius 2 is 1.12 bits per heavy atom. The monoisotopic (exact) mass is 612 g/mol. The van der Waals surface area contributed by atoms with E-state index in [1.807, 2.05) is 30.0 Å². The summed E-state index contributed by atoms with van der Waals surface area (Å²) in [5.41, 5.74) is 1.31. The molecule has 0 fully saturated rings. The normalized spacial score (nSPS) is 11.2. The zero-order valence-electron chi connectivity index (χ0n) is 27.5. The van der Waals surface area contributed by atoms with Crippen molar-refractivity contribution in [3.8, 4) is 23.0 Å². The first-order valence-corrected chi connectivity index (χ1v) is 17.4. The van der Waals surface area contributed by atoms with Crippen LogP contribution in [0.3, 0.4) is 0 Å². The second-order valence-corrected chi connectivity index (χ2v) is 12.3. The number of carbonyl (C=O) groups is 1. The highest BCUT2D eigenvalue weighted by Crippen LogP contribution is 2.46. The number of thioether (sulfide) groups is 1. The van der Waals surface area contributed by atoms with Crippen molar-refractivity contribution in [3.05, 3.63) is 47.5 Å². The second-order valence-electron chi connectivity index (χ2n) is 11.1. The van der Waals surface area contributed by atoms with Crippen molar-refractivity contribution >= 4 is 23.6 Å². The molecule has 0 bridgehead atoms. The molecular weight excluding hydrogens is 556 g/mol. The molecule has 0 aliphatic heterocycles. The minimum Gasteiger partial charge on any atom is -0.493 e. The Balaban J connectivity index is 1.62. The predicted octanol–water partition coefficient (Wildman–Crippen LogP) is 11.0. The van der Waals surface area contributed by atoms with Gasteiger partial charge in [-0.3, -0.25) is 4.79 Å². The van der Waals surface area contributed by atoms with E-state index in [9.17, 15) is 4.79 Å². The number of allylic oxidation sites excluding steroid dienone is 1. The number of hydrogen-bond acceptors (Lipinski definition) is 6. The van der Waals surface area contributed by atoms with Crippen LogP contribution in [0.2, 0.25) is 0 Å². The van der Waals surface area contributed by atoms with Gasteiger partial charge in [-0.15, -0.1) is 11.8 Å². The largest absolute Gasteiger partial charge is 0.493 e. The van der Waals surface area contributed by atoms with Crippen LogP contribution in [0.25, 0.3) is 6.08 Å². The molecule has 0 radical (unpaired) electrons. The van der Waals surface area contributed by atoms with Crippen LogP contribution in [-0.4, -0.2) is 40.0 Å². The minimum atomic E-state index is -0.210. The van der Waals surface area contributed by atoms with E-state index in [1.54, 1.807) is 12.1 Å². The standard InChI is InChI=1S/C37H56O5S/c1-6-7-8-9-10-11-12-13-14-15-16-17-18-19-20-21-28-43-31-25-22-30(23-26-31)24-27-33(38)32-29-34(39-2)36(41-4)37(42-5)35(32)40-3/h22-27,29H,6-21,28H2,1-5H3. The third-order valence-corrected chi connectivity index (χ3v) is 8.93. The smallest absolute Gasteiger partial charge is 0.208 e. The molecule has 5 nitrogen and oxygen atoms in total. The molecule has 0 unspecified atom stereocenters. The van der Waals surface area contributed by atoms with Crippen molar-refractivity contribution in [3.63, 3.8) is 0 Å². The van der Waals surface area contributed by atoms with Gasteiger partial charge in [-0.25, -0.2) is 0 Å². The Kier molecular flexibility index (Phi) is 19.5. The van der Waals surface area contributed by atoms with Crippen molar-refractivity contribution in [2.24, 2.45) is 0 Å². The van der Waals surface area contributed by atoms with E-state index in [0.29, 0.717) is 28.6 Å². The SMILES string of the molecule is CCCCCCCCCCCCCCCCCCSc1ccc(C=CC(=O)c2cc(OC)c(OC)c(OC)c2OC)cc1. The van der Waals surface area contributed by atoms with Gasteiger partial charge in [0, 0.05) is 4.90 Å². The van der Waals surface area contributed by atoms with Crippen molar-refractivity contribution in [1.82, 2.24) is 0 Å². The lowest BCUT2D eigenvalue weighted by Gasteiger charge is -2.17. The Morgan fingerprint density at radius 1 is 0.628 bits per heavy atom. The molecule has 0 amide bonds. The van der Waals surface area contributed by atoms with Crippen molar-refractivity contribution in [1.29, 1.82) is 0 Å². The van der Waals surface area contributed by atoms with Gasteiger partial charge >= 0.3 is 0 Å². The first-order chi connectivity index (χ1) is 21.1. The summed E-state index contributed by atoms with van der Waals surface area (Å²) < 4.78 is 21.8. The number of benzene rings is 2. The second kappa shape index (κ2) is 22.9. The number of ether oxygens (including phenoxy) is 4. The number of unbranched alkanes of at least 4 members (excludes halogenated alkanes) is 15. The van der Waals surface area contributed by atoms with Crippen molar-refractivity contribution in [2.45, 2.75) is 115 Å². The zero-order valence-corrected chi connectivity index (χ0v) is 28.3. The van der Waals surface area contributed by atoms with E-state index in [1.165, 1.54) is 136 Å². The van der Waals surface area contributed by atoms with E-state index in [-0.39, 0.29) is 5.78 Å². The van der Waals surface area contributed by atoms with Crippen LogP contribution in [0, 0.1) is 0 Å². The number of hydrogen-bond donors (Lipinski definition) is 0. The lowest BCUT2D eigenvalue weighted by Crippen LogP contribution is -2.04. The maximum absolute atomic E-state index is 13.1. The molecule has 2 aromatic rings. The van der Waals surface area contributed by atoms with Crippen LogP contribution in [0.4, 0.5) is 0 Å². The van der Waals surface area contributed by atoms with Gasteiger partial charge < -0.3 is 18.9 Å². The van der Waals surface area contributed by atoms with Gasteiger partial charge in [0.1, 0.15) is 0 Å². The summed E-state index contributed by atoms with van der Waals surface area (Å²) in [6, 6.07) is 9.96. The summed E-state index contributed by atoms with van der Waals surface area (Å²) in [5, 5.41) is 0. The first kappa shape index (κ1) is 36.6. The first-order valence-electron chi connectivity index (χ1n) is 16.4. The Bertz CT molecular complexity index is 1060. The van der Waals surface area contributed by atoms with E-state index >= 15 is 0 Å². The molecule has 240 valence electrons. The maximum atomic E-state index is 13.1. The summed E-state index contributed by atoms with van der Waals surface area (Å²) >= 11 is 1.91. The molecule has 0 spiro atoms. The highest BCUT2D eigenvalue weighted by molar-refractivity contribution is 7.99. The summed E-state index contributed by atoms with van der Waals surface area (Å²) in [6.07, 6.45) is 25.7. The number of carbonyl (C=O) groups excluding carboxylic acids is 1. The molecule has 0 atom stereocenters. The molecule has 6 heteroatoms. The van der Waals surface area contributed by atoms with E-state index in [4.69, 9.17) is 18.9 Å². The lowest BCUT2D eigenvalue weighted by atomic mass is 10.0. The molecule has 0 saturated carbocycles. The van der Waals surface area contributed by atoms with Crippen LogP contribution in [-0.2, 0) is 0 Å². The van der Waals surface area contributed by atoms with Crippen molar-refractivity contribution < 1.29 is 23.7 Å². The predicted molar refractivity (Wildman–Crippen MR) is 183 cm³/mol. The van der Waals surface area contributed by atoms with E-state index in [2.05, 4.69) is 19.1 Å². The number of rotatable bonds is 25. The molecular formula is C37H56O5S. The van der Waals surface area contributed by atoms with E-state index in [0.717, 1.165) is 11.3 Å². The minimum absolute atomic E-state index is 0.210.